The van der Waals surface area contributed by atoms with Gasteiger partial charge in [-0.25, -0.2) is 9.97 Å². The molecule has 8 aromatic carbocycles. The summed E-state index contributed by atoms with van der Waals surface area (Å²) < 4.78 is 11.8. The van der Waals surface area contributed by atoms with Crippen molar-refractivity contribution in [3.8, 4) is 39.6 Å². The first-order chi connectivity index (χ1) is 38.7. The monoisotopic (exact) mass is 1060 g/mol. The smallest absolute Gasteiger partial charge is 0.138 e. The molecule has 1 aliphatic heterocycles. The van der Waals surface area contributed by atoms with Crippen LogP contribution in [0.2, 0.25) is 0 Å². The standard InChI is InChI=1S/C75H71N5O/c1-72(2,3)50-33-35-77-69(43-50)80-65-29-18-17-25-61(65)62-32-31-54(44-67(62)80)81-55-34-36-76-68(45-55)78-46-79-70-56(49-37-47(38-51(41-49)73(4,5)6)48-39-52(74(7,8)9)42-53(40-48)75(10,11)12)26-19-27-63(70)59-23-15-13-21-57(59)58-22-14-16-24-60(58)64-28-20-30-66(78)71(64)79/h13-45H,46H2,1-12H3. The van der Waals surface area contributed by atoms with Gasteiger partial charge in [-0.05, 0) is 131 Å². The first-order valence-electron chi connectivity index (χ1n) is 28.6. The molecule has 6 nitrogen and oxygen atoms in total. The lowest BCUT2D eigenvalue weighted by Crippen LogP contribution is -2.16. The lowest BCUT2D eigenvalue weighted by atomic mass is 9.78. The summed E-state index contributed by atoms with van der Waals surface area (Å²) in [6.45, 7) is 28.2. The quantitative estimate of drug-likeness (QED) is 0.166. The van der Waals surface area contributed by atoms with Crippen molar-refractivity contribution in [3.63, 3.8) is 0 Å². The van der Waals surface area contributed by atoms with Crippen LogP contribution in [0.4, 0.5) is 11.5 Å². The first-order valence-corrected chi connectivity index (χ1v) is 28.6. The van der Waals surface area contributed by atoms with Gasteiger partial charge >= 0.3 is 0 Å². The van der Waals surface area contributed by atoms with Crippen molar-refractivity contribution in [2.24, 2.45) is 0 Å². The van der Waals surface area contributed by atoms with E-state index in [4.69, 9.17) is 14.7 Å². The fourth-order valence-electron chi connectivity index (χ4n) is 12.2. The number of nitrogens with zero attached hydrogens (tertiary/aromatic N) is 5. The molecule has 12 aromatic rings. The van der Waals surface area contributed by atoms with Gasteiger partial charge in [0.05, 0.1) is 27.8 Å². The van der Waals surface area contributed by atoms with Gasteiger partial charge in [-0.15, -0.1) is 0 Å². The number of rotatable bonds is 6. The molecule has 0 saturated carbocycles. The highest BCUT2D eigenvalue weighted by Crippen LogP contribution is 2.46. The van der Waals surface area contributed by atoms with Gasteiger partial charge in [-0.2, -0.15) is 0 Å². The molecule has 0 saturated heterocycles. The minimum atomic E-state index is -0.128. The molecule has 0 aliphatic carbocycles. The van der Waals surface area contributed by atoms with Crippen LogP contribution in [0, 0.1) is 0 Å². The highest BCUT2D eigenvalue weighted by atomic mass is 16.5. The SMILES string of the molecule is CC(C)(C)c1cc(-c2cc(C(C)(C)C)cc(C(C)(C)C)c2)cc(-c2cccc3c4ccccc4c4ccccc4c4cccc5c4n(c23)CN5c2cc(Oc3ccc4c5ccccc5n(-c5cc(C(C)(C)C)ccn5)c4c3)ccn2)c1. The molecule has 1 aliphatic rings. The molecular weight excluding hydrogens is 987 g/mol. The summed E-state index contributed by atoms with van der Waals surface area (Å²) in [6.07, 6.45) is 3.80. The van der Waals surface area contributed by atoms with Gasteiger partial charge in [-0.1, -0.05) is 210 Å². The number of para-hydroxylation sites is 3. The van der Waals surface area contributed by atoms with Crippen LogP contribution in [0.15, 0.2) is 200 Å². The van der Waals surface area contributed by atoms with Crippen LogP contribution >= 0.6 is 0 Å². The Kier molecular flexibility index (Phi) is 12.1. The van der Waals surface area contributed by atoms with E-state index < -0.39 is 0 Å². The van der Waals surface area contributed by atoms with Crippen molar-refractivity contribution < 1.29 is 4.74 Å². The zero-order chi connectivity index (χ0) is 56.3. The minimum Gasteiger partial charge on any atom is -0.457 e. The Balaban J connectivity index is 1.01. The van der Waals surface area contributed by atoms with Crippen LogP contribution in [0.5, 0.6) is 11.5 Å². The molecule has 0 radical (unpaired) electrons. The molecule has 4 aromatic heterocycles. The Labute approximate surface area is 476 Å². The maximum atomic E-state index is 6.93. The normalized spacial score (nSPS) is 13.1. The fraction of sp³-hybridized carbons (Fsp3) is 0.227. The third kappa shape index (κ3) is 9.15. The average molecular weight is 1060 g/mol. The van der Waals surface area contributed by atoms with E-state index in [1.165, 1.54) is 82.2 Å². The molecule has 0 fully saturated rings. The maximum absolute atomic E-state index is 6.93. The Morgan fingerprint density at radius 1 is 0.358 bits per heavy atom. The van der Waals surface area contributed by atoms with Crippen LogP contribution in [-0.4, -0.2) is 19.1 Å². The molecular formula is C75H71N5O. The molecule has 5 heterocycles. The van der Waals surface area contributed by atoms with E-state index in [1.807, 2.05) is 18.5 Å². The van der Waals surface area contributed by atoms with Gasteiger partial charge in [0.15, 0.2) is 0 Å². The fourth-order valence-corrected chi connectivity index (χ4v) is 12.2. The number of aromatic nitrogens is 4. The van der Waals surface area contributed by atoms with Gasteiger partial charge in [0.25, 0.3) is 0 Å². The summed E-state index contributed by atoms with van der Waals surface area (Å²) in [6, 6.07) is 69.6. The van der Waals surface area contributed by atoms with E-state index in [0.717, 1.165) is 50.5 Å². The predicted octanol–water partition coefficient (Wildman–Crippen LogP) is 20.5. The van der Waals surface area contributed by atoms with E-state index in [1.54, 1.807) is 0 Å². The predicted molar refractivity (Wildman–Crippen MR) is 343 cm³/mol. The Morgan fingerprint density at radius 3 is 1.49 bits per heavy atom. The Hall–Kier alpha value is -8.74. The third-order valence-corrected chi connectivity index (χ3v) is 16.7. The molecule has 402 valence electrons. The zero-order valence-electron chi connectivity index (χ0n) is 48.9. The number of anilines is 2. The van der Waals surface area contributed by atoms with Gasteiger partial charge in [-0.3, -0.25) is 4.57 Å². The van der Waals surface area contributed by atoms with Gasteiger partial charge in [0.2, 0.25) is 0 Å². The Bertz CT molecular complexity index is 4550. The average Bonchev–Trinajstić information content (AvgIpc) is 4.11. The van der Waals surface area contributed by atoms with Gasteiger partial charge in [0, 0.05) is 51.6 Å². The summed E-state index contributed by atoms with van der Waals surface area (Å²) in [5, 5.41) is 9.44. The second-order valence-corrected chi connectivity index (χ2v) is 26.4. The van der Waals surface area contributed by atoms with E-state index >= 15 is 0 Å². The van der Waals surface area contributed by atoms with Crippen molar-refractivity contribution in [3.05, 3.63) is 223 Å². The molecule has 0 N–H and O–H groups in total. The number of ether oxygens (including phenoxy) is 1. The molecule has 0 amide bonds. The van der Waals surface area contributed by atoms with Gasteiger partial charge in [0.1, 0.15) is 29.8 Å². The highest BCUT2D eigenvalue weighted by Gasteiger charge is 2.28. The summed E-state index contributed by atoms with van der Waals surface area (Å²) in [7, 11) is 0. The van der Waals surface area contributed by atoms with Crippen molar-refractivity contribution in [2.45, 2.75) is 111 Å². The molecule has 0 atom stereocenters. The Morgan fingerprint density at radius 2 is 0.852 bits per heavy atom. The molecule has 81 heavy (non-hydrogen) atoms. The van der Waals surface area contributed by atoms with Crippen molar-refractivity contribution >= 4 is 76.7 Å². The van der Waals surface area contributed by atoms with E-state index in [-0.39, 0.29) is 21.7 Å². The lowest BCUT2D eigenvalue weighted by molar-refractivity contribution is 0.482. The summed E-state index contributed by atoms with van der Waals surface area (Å²) in [5.41, 5.74) is 15.3. The van der Waals surface area contributed by atoms with Crippen LogP contribution < -0.4 is 9.64 Å². The number of fused-ring (bicyclic) bond motifs is 10. The van der Waals surface area contributed by atoms with Crippen LogP contribution in [-0.2, 0) is 28.3 Å². The number of hydrogen-bond donors (Lipinski definition) is 0. The molecule has 0 bridgehead atoms. The number of pyridine rings is 2. The number of hydrogen-bond acceptors (Lipinski definition) is 4. The third-order valence-electron chi connectivity index (χ3n) is 16.7. The minimum absolute atomic E-state index is 0.0271. The van der Waals surface area contributed by atoms with Crippen molar-refractivity contribution in [1.82, 2.24) is 19.1 Å². The molecule has 13 rings (SSSR count). The first kappa shape index (κ1) is 51.7. The van der Waals surface area contributed by atoms with Crippen molar-refractivity contribution in [2.75, 3.05) is 4.90 Å². The summed E-state index contributed by atoms with van der Waals surface area (Å²) in [5.74, 6) is 3.10. The summed E-state index contributed by atoms with van der Waals surface area (Å²) >= 11 is 0. The maximum Gasteiger partial charge on any atom is 0.138 e. The zero-order valence-corrected chi connectivity index (χ0v) is 48.9. The molecule has 0 unspecified atom stereocenters. The van der Waals surface area contributed by atoms with Gasteiger partial charge < -0.3 is 14.2 Å². The van der Waals surface area contributed by atoms with Crippen LogP contribution in [0.1, 0.15) is 105 Å². The highest BCUT2D eigenvalue weighted by molar-refractivity contribution is 6.22. The largest absolute Gasteiger partial charge is 0.457 e. The lowest BCUT2D eigenvalue weighted by Gasteiger charge is -2.27. The van der Waals surface area contributed by atoms with Crippen LogP contribution in [0.25, 0.3) is 93.2 Å². The molecule has 0 spiro atoms. The summed E-state index contributed by atoms with van der Waals surface area (Å²) in [4.78, 5) is 12.5. The second kappa shape index (κ2) is 18.9. The number of benzene rings is 8. The topological polar surface area (TPSA) is 48.1 Å². The van der Waals surface area contributed by atoms with E-state index in [9.17, 15) is 0 Å². The van der Waals surface area contributed by atoms with Crippen molar-refractivity contribution in [1.29, 1.82) is 0 Å². The second-order valence-electron chi connectivity index (χ2n) is 26.4. The van der Waals surface area contributed by atoms with E-state index in [2.05, 4.69) is 279 Å². The van der Waals surface area contributed by atoms with E-state index in [0.29, 0.717) is 12.4 Å². The molecule has 6 heteroatoms. The van der Waals surface area contributed by atoms with Crippen LogP contribution in [0.3, 0.4) is 0 Å².